The van der Waals surface area contributed by atoms with Crippen molar-refractivity contribution in [1.29, 1.82) is 0 Å². The highest BCUT2D eigenvalue weighted by atomic mass is 16.2. The molecule has 0 spiro atoms. The van der Waals surface area contributed by atoms with Crippen LogP contribution in [0.3, 0.4) is 0 Å². The van der Waals surface area contributed by atoms with Crippen molar-refractivity contribution < 1.29 is 9.59 Å². The second-order valence-electron chi connectivity index (χ2n) is 1.92. The number of amides is 2. The van der Waals surface area contributed by atoms with Gasteiger partial charge in [0, 0.05) is 5.92 Å². The van der Waals surface area contributed by atoms with Crippen LogP contribution in [0.15, 0.2) is 0 Å². The Morgan fingerprint density at radius 2 is 1.90 bits per heavy atom. The van der Waals surface area contributed by atoms with Crippen LogP contribution < -0.4 is 11.5 Å². The Morgan fingerprint density at radius 1 is 1.60 bits per heavy atom. The molecule has 2 amide bonds. The molecule has 1 unspecified atom stereocenters. The first kappa shape index (κ1) is 11.7. The maximum absolute atomic E-state index is 9.74. The van der Waals surface area contributed by atoms with E-state index in [4.69, 9.17) is 4.79 Å². The molecule has 0 bridgehead atoms. The van der Waals surface area contributed by atoms with Crippen LogP contribution in [0.25, 0.3) is 0 Å². The largest absolute Gasteiger partial charge is 0.352 e. The SMILES string of the molecule is CCC(C)C=O.NC(N)=O. The molecule has 0 aromatic heterocycles. The molecule has 0 heterocycles. The molecule has 1 atom stereocenters. The van der Waals surface area contributed by atoms with Crippen LogP contribution in [0.5, 0.6) is 0 Å². The van der Waals surface area contributed by atoms with Gasteiger partial charge in [-0.1, -0.05) is 13.8 Å². The highest BCUT2D eigenvalue weighted by Gasteiger charge is 1.89. The van der Waals surface area contributed by atoms with E-state index in [0.717, 1.165) is 12.7 Å². The van der Waals surface area contributed by atoms with E-state index in [1.165, 1.54) is 0 Å². The van der Waals surface area contributed by atoms with E-state index in [9.17, 15) is 4.79 Å². The third kappa shape index (κ3) is 28.3. The summed E-state index contributed by atoms with van der Waals surface area (Å²) in [5.74, 6) is 0.255. The molecule has 0 aromatic rings. The Kier molecular flexibility index (Phi) is 9.29. The zero-order chi connectivity index (χ0) is 8.57. The minimum atomic E-state index is -0.833. The lowest BCUT2D eigenvalue weighted by atomic mass is 10.2. The first-order valence-electron chi connectivity index (χ1n) is 3.04. The van der Waals surface area contributed by atoms with Crippen molar-refractivity contribution in [3.8, 4) is 0 Å². The Labute approximate surface area is 60.6 Å². The predicted molar refractivity (Wildman–Crippen MR) is 39.3 cm³/mol. The average molecular weight is 146 g/mol. The highest BCUT2D eigenvalue weighted by Crippen LogP contribution is 1.91. The summed E-state index contributed by atoms with van der Waals surface area (Å²) in [6, 6.07) is -0.833. The monoisotopic (exact) mass is 146 g/mol. The molecule has 0 aliphatic rings. The number of urea groups is 1. The summed E-state index contributed by atoms with van der Waals surface area (Å²) in [5.41, 5.74) is 8.50. The van der Waals surface area contributed by atoms with Gasteiger partial charge in [0.05, 0.1) is 0 Å². The smallest absolute Gasteiger partial charge is 0.309 e. The zero-order valence-corrected chi connectivity index (χ0v) is 6.33. The average Bonchev–Trinajstić information content (AvgIpc) is 1.85. The number of rotatable bonds is 2. The fraction of sp³-hybridized carbons (Fsp3) is 0.667. The summed E-state index contributed by atoms with van der Waals surface area (Å²) >= 11 is 0. The van der Waals surface area contributed by atoms with Crippen molar-refractivity contribution in [2.24, 2.45) is 17.4 Å². The second-order valence-corrected chi connectivity index (χ2v) is 1.92. The van der Waals surface area contributed by atoms with Gasteiger partial charge in [-0.2, -0.15) is 0 Å². The van der Waals surface area contributed by atoms with Gasteiger partial charge < -0.3 is 16.3 Å². The van der Waals surface area contributed by atoms with E-state index in [-0.39, 0.29) is 5.92 Å². The molecule has 0 rings (SSSR count). The lowest BCUT2D eigenvalue weighted by Gasteiger charge is -1.89. The fourth-order valence-corrected chi connectivity index (χ4v) is 0.0962. The van der Waals surface area contributed by atoms with Gasteiger partial charge in [-0.3, -0.25) is 0 Å². The quantitative estimate of drug-likeness (QED) is 0.547. The third-order valence-electron chi connectivity index (χ3n) is 0.876. The number of carbonyl (C=O) groups excluding carboxylic acids is 2. The minimum absolute atomic E-state index is 0.255. The van der Waals surface area contributed by atoms with Crippen molar-refractivity contribution in [1.82, 2.24) is 0 Å². The van der Waals surface area contributed by atoms with Gasteiger partial charge in [0.25, 0.3) is 0 Å². The summed E-state index contributed by atoms with van der Waals surface area (Å²) in [7, 11) is 0. The van der Waals surface area contributed by atoms with Gasteiger partial charge in [-0.15, -0.1) is 0 Å². The lowest BCUT2D eigenvalue weighted by molar-refractivity contribution is -0.110. The number of hydrogen-bond donors (Lipinski definition) is 2. The summed E-state index contributed by atoms with van der Waals surface area (Å²) in [6.45, 7) is 3.91. The number of nitrogens with two attached hydrogens (primary N) is 2. The molecule has 0 radical (unpaired) electrons. The molecular weight excluding hydrogens is 132 g/mol. The molecule has 0 aliphatic carbocycles. The molecule has 4 nitrogen and oxygen atoms in total. The first-order chi connectivity index (χ1) is 4.54. The highest BCUT2D eigenvalue weighted by molar-refractivity contribution is 5.69. The van der Waals surface area contributed by atoms with Crippen LogP contribution >= 0.6 is 0 Å². The van der Waals surface area contributed by atoms with Crippen LogP contribution in [-0.4, -0.2) is 12.3 Å². The van der Waals surface area contributed by atoms with Crippen molar-refractivity contribution >= 4 is 12.3 Å². The van der Waals surface area contributed by atoms with Crippen molar-refractivity contribution in [3.05, 3.63) is 0 Å². The van der Waals surface area contributed by atoms with E-state index >= 15 is 0 Å². The van der Waals surface area contributed by atoms with Gasteiger partial charge >= 0.3 is 6.03 Å². The zero-order valence-electron chi connectivity index (χ0n) is 6.33. The number of carbonyl (C=O) groups is 2. The van der Waals surface area contributed by atoms with Crippen LogP contribution in [0.1, 0.15) is 20.3 Å². The van der Waals surface area contributed by atoms with E-state index in [2.05, 4.69) is 11.5 Å². The van der Waals surface area contributed by atoms with Gasteiger partial charge in [0.2, 0.25) is 0 Å². The Hall–Kier alpha value is -1.06. The van der Waals surface area contributed by atoms with Crippen molar-refractivity contribution in [3.63, 3.8) is 0 Å². The van der Waals surface area contributed by atoms with Gasteiger partial charge in [-0.05, 0) is 6.42 Å². The summed E-state index contributed by atoms with van der Waals surface area (Å²) < 4.78 is 0. The number of primary amides is 2. The topological polar surface area (TPSA) is 86.2 Å². The maximum Gasteiger partial charge on any atom is 0.309 e. The molecule has 4 N–H and O–H groups in total. The Morgan fingerprint density at radius 3 is 1.90 bits per heavy atom. The van der Waals surface area contributed by atoms with E-state index < -0.39 is 6.03 Å². The van der Waals surface area contributed by atoms with Crippen molar-refractivity contribution in [2.75, 3.05) is 0 Å². The Balaban J connectivity index is 0. The molecule has 0 aromatic carbocycles. The summed E-state index contributed by atoms with van der Waals surface area (Å²) in [5, 5.41) is 0. The number of aldehydes is 1. The number of hydrogen-bond acceptors (Lipinski definition) is 2. The molecule has 0 saturated heterocycles. The molecular formula is C6H14N2O2. The van der Waals surface area contributed by atoms with Crippen LogP contribution in [0.4, 0.5) is 4.79 Å². The normalized spacial score (nSPS) is 10.6. The van der Waals surface area contributed by atoms with Gasteiger partial charge in [-0.25, -0.2) is 4.79 Å². The lowest BCUT2D eigenvalue weighted by Crippen LogP contribution is -2.18. The van der Waals surface area contributed by atoms with E-state index in [0.29, 0.717) is 0 Å². The van der Waals surface area contributed by atoms with Crippen LogP contribution in [0.2, 0.25) is 0 Å². The first-order valence-corrected chi connectivity index (χ1v) is 3.04. The predicted octanol–water partition coefficient (Wildman–Crippen LogP) is 0.255. The van der Waals surface area contributed by atoms with Crippen molar-refractivity contribution in [2.45, 2.75) is 20.3 Å². The van der Waals surface area contributed by atoms with Gasteiger partial charge in [0.15, 0.2) is 0 Å². The third-order valence-corrected chi connectivity index (χ3v) is 0.876. The Bertz CT molecular complexity index is 99.9. The molecule has 4 heteroatoms. The molecule has 0 saturated carbocycles. The second kappa shape index (κ2) is 7.94. The molecule has 10 heavy (non-hydrogen) atoms. The summed E-state index contributed by atoms with van der Waals surface area (Å²) in [4.78, 5) is 18.7. The molecule has 60 valence electrons. The maximum atomic E-state index is 9.74. The standard InChI is InChI=1S/C5H10O.CH4N2O/c1-3-5(2)4-6;2-1(3)4/h4-5H,3H2,1-2H3;(H4,2,3,4). The van der Waals surface area contributed by atoms with Crippen LogP contribution in [0, 0.1) is 5.92 Å². The van der Waals surface area contributed by atoms with Crippen LogP contribution in [-0.2, 0) is 4.79 Å². The minimum Gasteiger partial charge on any atom is -0.352 e. The molecule has 0 aliphatic heterocycles. The fourth-order valence-electron chi connectivity index (χ4n) is 0.0962. The van der Waals surface area contributed by atoms with E-state index in [1.807, 2.05) is 13.8 Å². The molecule has 0 fully saturated rings. The van der Waals surface area contributed by atoms with E-state index in [1.54, 1.807) is 0 Å². The summed E-state index contributed by atoms with van der Waals surface area (Å²) in [6.07, 6.45) is 1.93. The van der Waals surface area contributed by atoms with Gasteiger partial charge in [0.1, 0.15) is 6.29 Å².